The standard InChI is InChI=1S/C20H34N2O2/c1-5-24-19-9-7-6-8-17(19)14-22-12-11-21(16-20(2,3)4)15-18(22)10-13-23/h6-9,18,23H,5,10-16H2,1-4H3. The van der Waals surface area contributed by atoms with Gasteiger partial charge in [-0.3, -0.25) is 9.80 Å². The Bertz CT molecular complexity index is 499. The third-order valence-corrected chi connectivity index (χ3v) is 4.49. The SMILES string of the molecule is CCOc1ccccc1CN1CCN(CC(C)(C)C)CC1CCO. The first-order valence-corrected chi connectivity index (χ1v) is 9.21. The number of hydrogen-bond acceptors (Lipinski definition) is 4. The molecule has 1 atom stereocenters. The summed E-state index contributed by atoms with van der Waals surface area (Å²) in [6.07, 6.45) is 0.831. The quantitative estimate of drug-likeness (QED) is 0.831. The molecule has 0 saturated carbocycles. The predicted octanol–water partition coefficient (Wildman–Crippen LogP) is 3.00. The summed E-state index contributed by atoms with van der Waals surface area (Å²) in [5, 5.41) is 9.49. The molecule has 1 aliphatic rings. The number of rotatable bonds is 7. The number of benzene rings is 1. The minimum Gasteiger partial charge on any atom is -0.494 e. The average Bonchev–Trinajstić information content (AvgIpc) is 2.51. The summed E-state index contributed by atoms with van der Waals surface area (Å²) in [7, 11) is 0. The van der Waals surface area contributed by atoms with Crippen molar-refractivity contribution in [2.24, 2.45) is 5.41 Å². The van der Waals surface area contributed by atoms with Crippen molar-refractivity contribution in [1.82, 2.24) is 9.80 Å². The van der Waals surface area contributed by atoms with Crippen molar-refractivity contribution in [1.29, 1.82) is 0 Å². The Hall–Kier alpha value is -1.10. The van der Waals surface area contributed by atoms with Crippen LogP contribution >= 0.6 is 0 Å². The highest BCUT2D eigenvalue weighted by Gasteiger charge is 2.29. The Labute approximate surface area is 147 Å². The fourth-order valence-corrected chi connectivity index (χ4v) is 3.55. The summed E-state index contributed by atoms with van der Waals surface area (Å²) < 4.78 is 5.77. The topological polar surface area (TPSA) is 35.9 Å². The van der Waals surface area contributed by atoms with Gasteiger partial charge in [0, 0.05) is 50.9 Å². The van der Waals surface area contributed by atoms with E-state index in [0.717, 1.165) is 44.9 Å². The van der Waals surface area contributed by atoms with E-state index in [9.17, 15) is 5.11 Å². The Morgan fingerprint density at radius 1 is 1.21 bits per heavy atom. The maximum absolute atomic E-state index is 9.49. The molecule has 0 aliphatic carbocycles. The summed E-state index contributed by atoms with van der Waals surface area (Å²) in [4.78, 5) is 5.05. The van der Waals surface area contributed by atoms with E-state index in [4.69, 9.17) is 4.74 Å². The van der Waals surface area contributed by atoms with Crippen LogP contribution in [0.1, 0.15) is 39.7 Å². The van der Waals surface area contributed by atoms with Gasteiger partial charge in [0.15, 0.2) is 0 Å². The van der Waals surface area contributed by atoms with Crippen LogP contribution in [-0.2, 0) is 6.54 Å². The monoisotopic (exact) mass is 334 g/mol. The molecule has 1 fully saturated rings. The second-order valence-electron chi connectivity index (χ2n) is 7.97. The number of para-hydroxylation sites is 1. The lowest BCUT2D eigenvalue weighted by Gasteiger charge is -2.43. The Kier molecular flexibility index (Phi) is 7.08. The molecule has 1 aromatic carbocycles. The molecular weight excluding hydrogens is 300 g/mol. The van der Waals surface area contributed by atoms with Gasteiger partial charge in [-0.05, 0) is 24.8 Å². The molecular formula is C20H34N2O2. The van der Waals surface area contributed by atoms with Crippen LogP contribution in [0.25, 0.3) is 0 Å². The normalized spacial score (nSPS) is 20.3. The van der Waals surface area contributed by atoms with Crippen molar-refractivity contribution in [3.63, 3.8) is 0 Å². The van der Waals surface area contributed by atoms with Gasteiger partial charge >= 0.3 is 0 Å². The molecule has 0 bridgehead atoms. The van der Waals surface area contributed by atoms with Crippen molar-refractivity contribution in [3.05, 3.63) is 29.8 Å². The maximum atomic E-state index is 9.49. The molecule has 4 heteroatoms. The van der Waals surface area contributed by atoms with Gasteiger partial charge in [0.1, 0.15) is 5.75 Å². The zero-order valence-electron chi connectivity index (χ0n) is 15.8. The van der Waals surface area contributed by atoms with E-state index < -0.39 is 0 Å². The minimum atomic E-state index is 0.248. The van der Waals surface area contributed by atoms with Crippen LogP contribution in [0.2, 0.25) is 0 Å². The molecule has 0 aromatic heterocycles. The smallest absolute Gasteiger partial charge is 0.123 e. The average molecular weight is 335 g/mol. The number of nitrogens with zero attached hydrogens (tertiary/aromatic N) is 2. The summed E-state index contributed by atoms with van der Waals surface area (Å²) in [6, 6.07) is 8.72. The van der Waals surface area contributed by atoms with E-state index in [0.29, 0.717) is 18.1 Å². The number of piperazine rings is 1. The van der Waals surface area contributed by atoms with Gasteiger partial charge in [0.2, 0.25) is 0 Å². The van der Waals surface area contributed by atoms with Gasteiger partial charge in [-0.2, -0.15) is 0 Å². The highest BCUT2D eigenvalue weighted by Crippen LogP contribution is 2.24. The first kappa shape index (κ1) is 19.2. The van der Waals surface area contributed by atoms with Crippen LogP contribution in [0, 0.1) is 5.41 Å². The van der Waals surface area contributed by atoms with E-state index in [1.807, 2.05) is 13.0 Å². The largest absolute Gasteiger partial charge is 0.494 e. The molecule has 1 unspecified atom stereocenters. The molecule has 0 spiro atoms. The number of aliphatic hydroxyl groups is 1. The van der Waals surface area contributed by atoms with Crippen molar-refractivity contribution >= 4 is 0 Å². The maximum Gasteiger partial charge on any atom is 0.123 e. The second kappa shape index (κ2) is 8.84. The van der Waals surface area contributed by atoms with Crippen LogP contribution in [-0.4, -0.2) is 60.3 Å². The lowest BCUT2D eigenvalue weighted by Crippen LogP contribution is -2.54. The summed E-state index contributed by atoms with van der Waals surface area (Å²) >= 11 is 0. The molecule has 1 heterocycles. The molecule has 1 aromatic rings. The fourth-order valence-electron chi connectivity index (χ4n) is 3.55. The van der Waals surface area contributed by atoms with E-state index in [1.165, 1.54) is 5.56 Å². The van der Waals surface area contributed by atoms with Crippen LogP contribution < -0.4 is 4.74 Å². The Balaban J connectivity index is 2.04. The summed E-state index contributed by atoms with van der Waals surface area (Å²) in [5.74, 6) is 0.986. The van der Waals surface area contributed by atoms with Crippen molar-refractivity contribution in [2.45, 2.75) is 46.7 Å². The zero-order chi connectivity index (χ0) is 17.6. The van der Waals surface area contributed by atoms with Crippen LogP contribution in [0.4, 0.5) is 0 Å². The first-order chi connectivity index (χ1) is 11.4. The van der Waals surface area contributed by atoms with Gasteiger partial charge in [-0.1, -0.05) is 39.0 Å². The Morgan fingerprint density at radius 3 is 2.62 bits per heavy atom. The van der Waals surface area contributed by atoms with E-state index in [2.05, 4.69) is 48.8 Å². The zero-order valence-corrected chi connectivity index (χ0v) is 15.8. The summed E-state index contributed by atoms with van der Waals surface area (Å²) in [6.45, 7) is 15.0. The minimum absolute atomic E-state index is 0.248. The third kappa shape index (κ3) is 5.76. The third-order valence-electron chi connectivity index (χ3n) is 4.49. The van der Waals surface area contributed by atoms with E-state index in [-0.39, 0.29) is 6.61 Å². The van der Waals surface area contributed by atoms with Crippen molar-refractivity contribution in [2.75, 3.05) is 39.4 Å². The molecule has 0 radical (unpaired) electrons. The molecule has 24 heavy (non-hydrogen) atoms. The lowest BCUT2D eigenvalue weighted by molar-refractivity contribution is 0.0377. The fraction of sp³-hybridized carbons (Fsp3) is 0.700. The van der Waals surface area contributed by atoms with Crippen molar-refractivity contribution in [3.8, 4) is 5.75 Å². The van der Waals surface area contributed by atoms with Gasteiger partial charge < -0.3 is 9.84 Å². The van der Waals surface area contributed by atoms with Gasteiger partial charge in [0.25, 0.3) is 0 Å². The van der Waals surface area contributed by atoms with Crippen LogP contribution in [0.3, 0.4) is 0 Å². The van der Waals surface area contributed by atoms with Gasteiger partial charge in [-0.15, -0.1) is 0 Å². The number of ether oxygens (including phenoxy) is 1. The molecule has 1 N–H and O–H groups in total. The lowest BCUT2D eigenvalue weighted by atomic mass is 9.95. The predicted molar refractivity (Wildman–Crippen MR) is 99.4 cm³/mol. The molecule has 1 aliphatic heterocycles. The Morgan fingerprint density at radius 2 is 1.96 bits per heavy atom. The van der Waals surface area contributed by atoms with Crippen LogP contribution in [0.5, 0.6) is 5.75 Å². The molecule has 2 rings (SSSR count). The molecule has 1 saturated heterocycles. The van der Waals surface area contributed by atoms with Gasteiger partial charge in [-0.25, -0.2) is 0 Å². The summed E-state index contributed by atoms with van der Waals surface area (Å²) in [5.41, 5.74) is 1.56. The highest BCUT2D eigenvalue weighted by atomic mass is 16.5. The highest BCUT2D eigenvalue weighted by molar-refractivity contribution is 5.33. The van der Waals surface area contributed by atoms with E-state index >= 15 is 0 Å². The van der Waals surface area contributed by atoms with Crippen molar-refractivity contribution < 1.29 is 9.84 Å². The number of hydrogen-bond donors (Lipinski definition) is 1. The molecule has 4 nitrogen and oxygen atoms in total. The van der Waals surface area contributed by atoms with E-state index in [1.54, 1.807) is 0 Å². The molecule has 136 valence electrons. The van der Waals surface area contributed by atoms with Gasteiger partial charge in [0.05, 0.1) is 6.61 Å². The number of aliphatic hydroxyl groups excluding tert-OH is 1. The molecule has 0 amide bonds. The van der Waals surface area contributed by atoms with Crippen LogP contribution in [0.15, 0.2) is 24.3 Å². The second-order valence-corrected chi connectivity index (χ2v) is 7.97. The first-order valence-electron chi connectivity index (χ1n) is 9.21.